The van der Waals surface area contributed by atoms with Gasteiger partial charge >= 0.3 is 24.1 Å². The topological polar surface area (TPSA) is 263 Å². The molecular weight excluding hydrogens is 1180 g/mol. The van der Waals surface area contributed by atoms with Crippen LogP contribution < -0.4 is 4.68 Å². The standard InChI is InChI=1S/2C14H15BrN2O3.C8H11NO3.C7H6Br2.C3H4N2O.C3H4O/c1-2-20-14(19)13-7-12(9-18)17(16-13)8-10-4-3-5-11(15)6-10;1-2-20-14(19)13-7-12(9-18)16-17(13)8-10-4-3-5-11(15)6-10;1-2-12-8(11)7-3-6(5-10)4-9-7;8-5-6-2-1-3-7(9)4-6;1-3(6)2-5-4;1-2-3-4/h2*3-7,18H,2,8-9H2,1H3;3,10H,2,4-5H2,1H3;1-4H,5H2;2H,1H3;1,4H,3H2/p+1. The fourth-order valence-electron chi connectivity index (χ4n) is 5.34. The number of H-pyrrole nitrogens is 1. The van der Waals surface area contributed by atoms with E-state index in [0.29, 0.717) is 67.9 Å². The first-order valence-corrected chi connectivity index (χ1v) is 24.8. The van der Waals surface area contributed by atoms with Gasteiger partial charge < -0.3 is 40.2 Å². The summed E-state index contributed by atoms with van der Waals surface area (Å²) in [5.41, 5.74) is 13.7. The zero-order valence-corrected chi connectivity index (χ0v) is 45.8. The molecule has 0 amide bonds. The molecule has 1 aliphatic heterocycles. The maximum absolute atomic E-state index is 11.9. The molecule has 0 spiro atoms. The van der Waals surface area contributed by atoms with Crippen LogP contribution in [0, 0.1) is 12.3 Å². The van der Waals surface area contributed by atoms with Crippen molar-refractivity contribution in [2.75, 3.05) is 39.6 Å². The van der Waals surface area contributed by atoms with E-state index in [-0.39, 0.29) is 32.2 Å². The Morgan fingerprint density at radius 1 is 0.803 bits per heavy atom. The van der Waals surface area contributed by atoms with E-state index >= 15 is 0 Å². The van der Waals surface area contributed by atoms with Crippen LogP contribution in [0.5, 0.6) is 0 Å². The maximum atomic E-state index is 11.9. The number of esters is 3. The molecule has 22 heteroatoms. The van der Waals surface area contributed by atoms with Crippen molar-refractivity contribution in [1.29, 1.82) is 0 Å². The predicted octanol–water partition coefficient (Wildman–Crippen LogP) is 6.90. The van der Waals surface area contributed by atoms with Crippen LogP contribution in [0.4, 0.5) is 0 Å². The minimum atomic E-state index is -0.435. The number of ether oxygens (including phenoxy) is 3. The Hall–Kier alpha value is -5.73. The van der Waals surface area contributed by atoms with Gasteiger partial charge in [-0.05, 0) is 86.0 Å². The van der Waals surface area contributed by atoms with E-state index in [0.717, 1.165) is 41.7 Å². The molecule has 2 aromatic heterocycles. The average Bonchev–Trinajstić information content (AvgIpc) is 4.12. The molecule has 18 nitrogen and oxygen atoms in total. The Bertz CT molecular complexity index is 2620. The number of ketones is 1. The van der Waals surface area contributed by atoms with Crippen molar-refractivity contribution < 1.29 is 63.3 Å². The van der Waals surface area contributed by atoms with Gasteiger partial charge in [0.1, 0.15) is 24.6 Å². The maximum Gasteiger partial charge on any atom is 0.360 e. The number of alkyl halides is 1. The van der Waals surface area contributed by atoms with Gasteiger partial charge in [0.05, 0.1) is 51.8 Å². The van der Waals surface area contributed by atoms with Gasteiger partial charge in [0.2, 0.25) is 11.5 Å². The van der Waals surface area contributed by atoms with Crippen LogP contribution in [-0.4, -0.2) is 115 Å². The molecule has 5 N–H and O–H groups in total. The molecule has 0 unspecified atom stereocenters. The summed E-state index contributed by atoms with van der Waals surface area (Å²) in [6.45, 7) is 8.33. The molecule has 3 heterocycles. The van der Waals surface area contributed by atoms with Crippen molar-refractivity contribution in [3.8, 4) is 12.3 Å². The second-order valence-corrected chi connectivity index (χ2v) is 17.1. The van der Waals surface area contributed by atoms with Crippen LogP contribution in [-0.2, 0) is 55.4 Å². The van der Waals surface area contributed by atoms with E-state index in [1.807, 2.05) is 66.6 Å². The number of aliphatic hydroxyl groups is 4. The minimum Gasteiger partial charge on any atom is -0.461 e. The van der Waals surface area contributed by atoms with Gasteiger partial charge in [-0.1, -0.05) is 106 Å². The molecule has 0 saturated heterocycles. The number of aromatic nitrogens is 4. The molecule has 3 aromatic carbocycles. The lowest BCUT2D eigenvalue weighted by atomic mass is 10.2. The monoisotopic (exact) mass is 1230 g/mol. The number of hydrogen-bond acceptors (Lipinski definition) is 13. The Morgan fingerprint density at radius 3 is 1.79 bits per heavy atom. The zero-order chi connectivity index (χ0) is 53.1. The van der Waals surface area contributed by atoms with Gasteiger partial charge in [0, 0.05) is 37.3 Å². The van der Waals surface area contributed by atoms with Crippen LogP contribution >= 0.6 is 63.7 Å². The van der Waals surface area contributed by atoms with Gasteiger partial charge in [0.15, 0.2) is 12.2 Å². The number of aliphatic hydroxyl groups excluding tert-OH is 4. The number of halogens is 4. The summed E-state index contributed by atoms with van der Waals surface area (Å²) in [7, 11) is 0. The Morgan fingerprint density at radius 2 is 1.34 bits per heavy atom. The lowest BCUT2D eigenvalue weighted by Crippen LogP contribution is -2.40. The van der Waals surface area contributed by atoms with E-state index in [2.05, 4.69) is 102 Å². The molecule has 0 fully saturated rings. The average molecular weight is 1240 g/mol. The SMILES string of the molecule is BrCc1cccc(Br)c1.C#CCO.CC(=O)C=[N+]=[N-].CCOC(=O)C1=NCC(CO)=C1.CCOC(=O)c1cc(CO)[n+](Cc2cccc(Br)c2)[nH]1.CCOC(=O)c1cc(CO)nn1Cc1cccc(Br)c1. The normalized spacial score (nSPS) is 10.6. The Labute approximate surface area is 445 Å². The van der Waals surface area contributed by atoms with Crippen molar-refractivity contribution in [3.63, 3.8) is 0 Å². The Kier molecular flexibility index (Phi) is 33.1. The summed E-state index contributed by atoms with van der Waals surface area (Å²) < 4.78 is 21.0. The molecular formula is C49H56Br4N7O11+. The largest absolute Gasteiger partial charge is 0.461 e. The van der Waals surface area contributed by atoms with E-state index in [9.17, 15) is 24.3 Å². The third-order valence-electron chi connectivity index (χ3n) is 8.35. The van der Waals surface area contributed by atoms with Crippen molar-refractivity contribution in [3.05, 3.63) is 155 Å². The molecule has 0 radical (unpaired) electrons. The van der Waals surface area contributed by atoms with Gasteiger partial charge in [-0.2, -0.15) is 15.0 Å². The third-order valence-corrected chi connectivity index (χ3v) is 10.5. The second kappa shape index (κ2) is 37.1. The van der Waals surface area contributed by atoms with Crippen LogP contribution in [0.25, 0.3) is 5.53 Å². The van der Waals surface area contributed by atoms with Crippen LogP contribution in [0.3, 0.4) is 0 Å². The molecule has 5 aromatic rings. The van der Waals surface area contributed by atoms with Crippen molar-refractivity contribution in [1.82, 2.24) is 14.9 Å². The lowest BCUT2D eigenvalue weighted by molar-refractivity contribution is -0.750. The summed E-state index contributed by atoms with van der Waals surface area (Å²) in [5, 5.41) is 43.0. The van der Waals surface area contributed by atoms with Gasteiger partial charge in [-0.15, -0.1) is 11.1 Å². The molecule has 1 aliphatic rings. The molecule has 380 valence electrons. The number of Topliss-reactive ketones (excluding diaryl/α,β-unsaturated/α-hetero) is 1. The summed E-state index contributed by atoms with van der Waals surface area (Å²) in [6, 6.07) is 27.0. The third kappa shape index (κ3) is 25.8. The number of hydrogen-bond donors (Lipinski definition) is 5. The number of aliphatic imine (C=N–C) groups is 1. The highest BCUT2D eigenvalue weighted by Gasteiger charge is 2.21. The summed E-state index contributed by atoms with van der Waals surface area (Å²) in [5.74, 6) is 0.461. The lowest BCUT2D eigenvalue weighted by Gasteiger charge is -2.07. The zero-order valence-electron chi connectivity index (χ0n) is 39.4. The smallest absolute Gasteiger partial charge is 0.360 e. The number of nitrogens with one attached hydrogen (secondary N) is 1. The number of nitrogens with zero attached hydrogens (tertiary/aromatic N) is 6. The highest BCUT2D eigenvalue weighted by Crippen LogP contribution is 2.16. The minimum absolute atomic E-state index is 0.0492. The number of carbonyl (C=O) groups is 4. The number of terminal acetylenes is 1. The summed E-state index contributed by atoms with van der Waals surface area (Å²) in [4.78, 5) is 50.7. The number of rotatable bonds is 15. The number of aromatic amines is 1. The molecule has 6 rings (SSSR count). The highest BCUT2D eigenvalue weighted by molar-refractivity contribution is 9.11. The summed E-state index contributed by atoms with van der Waals surface area (Å²) >= 11 is 13.6. The molecule has 0 atom stereocenters. The summed E-state index contributed by atoms with van der Waals surface area (Å²) in [6.07, 6.45) is 6.93. The number of benzene rings is 3. The number of carbonyl (C=O) groups excluding carboxylic acids is 4. The van der Waals surface area contributed by atoms with Crippen molar-refractivity contribution in [2.45, 2.75) is 59.3 Å². The fraction of sp³-hybridized carbons (Fsp3) is 0.306. The second-order valence-electron chi connectivity index (χ2n) is 13.8. The van der Waals surface area contributed by atoms with Crippen LogP contribution in [0.2, 0.25) is 0 Å². The van der Waals surface area contributed by atoms with Crippen molar-refractivity contribution >= 4 is 99.3 Å². The molecule has 71 heavy (non-hydrogen) atoms. The molecule has 0 bridgehead atoms. The van der Waals surface area contributed by atoms with Gasteiger partial charge in [0.25, 0.3) is 0 Å². The van der Waals surface area contributed by atoms with Gasteiger partial charge in [-0.3, -0.25) is 14.5 Å². The first-order chi connectivity index (χ1) is 34.1. The Balaban J connectivity index is 0.000000459. The van der Waals surface area contributed by atoms with Crippen LogP contribution in [0.1, 0.15) is 76.8 Å². The quantitative estimate of drug-likeness (QED) is 0.0105. The van der Waals surface area contributed by atoms with Gasteiger partial charge in [-0.25, -0.2) is 14.4 Å². The first kappa shape index (κ1) is 63.3. The first-order valence-electron chi connectivity index (χ1n) is 21.3. The van der Waals surface area contributed by atoms with Crippen molar-refractivity contribution in [2.24, 2.45) is 4.99 Å². The predicted molar refractivity (Wildman–Crippen MR) is 281 cm³/mol. The van der Waals surface area contributed by atoms with Crippen LogP contribution in [0.15, 0.2) is 115 Å². The van der Waals surface area contributed by atoms with E-state index in [1.165, 1.54) is 12.5 Å². The van der Waals surface area contributed by atoms with E-state index in [1.54, 1.807) is 48.3 Å². The molecule has 0 saturated carbocycles. The highest BCUT2D eigenvalue weighted by atomic mass is 79.9. The fourth-order valence-corrected chi connectivity index (χ4v) is 7.03. The van der Waals surface area contributed by atoms with E-state index in [4.69, 9.17) is 35.1 Å². The molecule has 0 aliphatic carbocycles. The van der Waals surface area contributed by atoms with E-state index < -0.39 is 17.9 Å².